The lowest BCUT2D eigenvalue weighted by molar-refractivity contribution is -0.690. The Bertz CT molecular complexity index is 1630. The number of benzene rings is 2. The zero-order valence-corrected chi connectivity index (χ0v) is 21.7. The molecule has 0 atom stereocenters. The van der Waals surface area contributed by atoms with Crippen LogP contribution >= 0.6 is 23.1 Å². The predicted molar refractivity (Wildman–Crippen MR) is 140 cm³/mol. The quantitative estimate of drug-likeness (QED) is 0.353. The van der Waals surface area contributed by atoms with Gasteiger partial charge in [0.1, 0.15) is 20.0 Å². The molecule has 3 heterocycles. The lowest BCUT2D eigenvalue weighted by atomic mass is 10.2. The number of hydrogen-bond donors (Lipinski definition) is 0. The molecule has 4 aromatic rings. The number of anilines is 1. The van der Waals surface area contributed by atoms with Gasteiger partial charge in [-0.2, -0.15) is 4.57 Å². The summed E-state index contributed by atoms with van der Waals surface area (Å²) in [5, 5.41) is 0.682. The Labute approximate surface area is 219 Å². The van der Waals surface area contributed by atoms with Crippen molar-refractivity contribution in [2.75, 3.05) is 11.9 Å². The van der Waals surface area contributed by atoms with Gasteiger partial charge in [-0.1, -0.05) is 42.1 Å². The van der Waals surface area contributed by atoms with Crippen LogP contribution in [-0.2, 0) is 13.1 Å². The molecule has 0 bridgehead atoms. The molecule has 0 spiro atoms. The fourth-order valence-corrected chi connectivity index (χ4v) is 6.66. The standard InChI is InChI=1S/C27H23F3N3O2S2/c1-3-33-23(15-19-11-7-8-14-32(19)17-18-9-5-4-6-10-18)37-24(25(33)34)26-31(2)21-13-12-20(16-22(21)36-26)35-27(28,29)30/h4-16H,3,17H2,1-2H3/q+1. The van der Waals surface area contributed by atoms with Gasteiger partial charge in [-0.25, -0.2) is 0 Å². The highest BCUT2D eigenvalue weighted by Gasteiger charge is 2.32. The third-order valence-corrected chi connectivity index (χ3v) is 8.37. The highest BCUT2D eigenvalue weighted by Crippen LogP contribution is 2.47. The van der Waals surface area contributed by atoms with E-state index in [1.54, 1.807) is 10.6 Å². The fraction of sp³-hybridized carbons (Fsp3) is 0.185. The molecule has 10 heteroatoms. The van der Waals surface area contributed by atoms with Crippen molar-refractivity contribution in [2.24, 2.45) is 0 Å². The molecule has 0 radical (unpaired) electrons. The molecule has 0 amide bonds. The van der Waals surface area contributed by atoms with Crippen molar-refractivity contribution < 1.29 is 22.5 Å². The van der Waals surface area contributed by atoms with Crippen molar-refractivity contribution in [2.45, 2.75) is 31.3 Å². The number of thioether (sulfide) groups is 1. The van der Waals surface area contributed by atoms with Crippen LogP contribution in [0.25, 0.3) is 11.1 Å². The molecule has 0 N–H and O–H groups in total. The molecule has 190 valence electrons. The third-order valence-electron chi connectivity index (χ3n) is 5.90. The monoisotopic (exact) mass is 542 g/mol. The minimum atomic E-state index is -4.77. The van der Waals surface area contributed by atoms with E-state index in [1.165, 1.54) is 40.8 Å². The molecule has 1 aliphatic heterocycles. The number of ether oxygens (including phenoxy) is 1. The first-order valence-electron chi connectivity index (χ1n) is 11.5. The van der Waals surface area contributed by atoms with E-state index in [1.807, 2.05) is 67.5 Å². The van der Waals surface area contributed by atoms with Crippen LogP contribution in [0.15, 0.2) is 82.6 Å². The van der Waals surface area contributed by atoms with Gasteiger partial charge in [0.25, 0.3) is 5.56 Å². The van der Waals surface area contributed by atoms with Crippen LogP contribution in [0, 0.1) is 0 Å². The van der Waals surface area contributed by atoms with Gasteiger partial charge in [-0.05, 0) is 31.2 Å². The molecule has 0 saturated carbocycles. The van der Waals surface area contributed by atoms with Gasteiger partial charge < -0.3 is 9.64 Å². The first kappa shape index (κ1) is 25.2. The third kappa shape index (κ3) is 5.30. The maximum absolute atomic E-state index is 13.4. The molecule has 5 nitrogen and oxygen atoms in total. The van der Waals surface area contributed by atoms with Crippen molar-refractivity contribution >= 4 is 39.9 Å². The second-order valence-electron chi connectivity index (χ2n) is 8.35. The van der Waals surface area contributed by atoms with E-state index < -0.39 is 6.36 Å². The van der Waals surface area contributed by atoms with E-state index in [0.717, 1.165) is 16.0 Å². The molecule has 0 saturated heterocycles. The molecule has 0 fully saturated rings. The summed E-state index contributed by atoms with van der Waals surface area (Å²) >= 11 is 2.65. The summed E-state index contributed by atoms with van der Waals surface area (Å²) in [5.41, 5.74) is 2.72. The van der Waals surface area contributed by atoms with E-state index in [2.05, 4.69) is 21.4 Å². The van der Waals surface area contributed by atoms with Crippen LogP contribution in [0.5, 0.6) is 5.75 Å². The molecular formula is C27H23F3N3O2S2+. The van der Waals surface area contributed by atoms with Gasteiger partial charge in [-0.15, -0.1) is 24.5 Å². The van der Waals surface area contributed by atoms with Gasteiger partial charge in [0.15, 0.2) is 12.7 Å². The zero-order valence-electron chi connectivity index (χ0n) is 20.0. The van der Waals surface area contributed by atoms with Crippen molar-refractivity contribution in [3.63, 3.8) is 0 Å². The van der Waals surface area contributed by atoms with Gasteiger partial charge >= 0.3 is 6.36 Å². The summed E-state index contributed by atoms with van der Waals surface area (Å²) in [6.45, 7) is 3.10. The smallest absolute Gasteiger partial charge is 0.406 e. The van der Waals surface area contributed by atoms with E-state index in [-0.39, 0.29) is 11.3 Å². The van der Waals surface area contributed by atoms with Crippen molar-refractivity contribution in [3.05, 3.63) is 104 Å². The number of fused-ring (bicyclic) bond motifs is 1. The van der Waals surface area contributed by atoms with E-state index >= 15 is 0 Å². The molecule has 5 rings (SSSR count). The second-order valence-corrected chi connectivity index (χ2v) is 10.4. The van der Waals surface area contributed by atoms with Crippen LogP contribution in [0.3, 0.4) is 0 Å². The van der Waals surface area contributed by atoms with E-state index in [4.69, 9.17) is 0 Å². The average Bonchev–Trinajstić information content (AvgIpc) is 3.35. The summed E-state index contributed by atoms with van der Waals surface area (Å²) in [6, 6.07) is 20.3. The number of aromatic nitrogens is 2. The van der Waals surface area contributed by atoms with Crippen LogP contribution in [-0.4, -0.2) is 18.0 Å². The SMILES string of the molecule is CCn1c(=Cc2cccc[n+]2Cc2ccccc2)sc(=C2Sc3cc(OC(F)(F)F)ccc3N2C)c1=O. The molecule has 2 aromatic carbocycles. The van der Waals surface area contributed by atoms with Gasteiger partial charge in [0, 0.05) is 42.3 Å². The van der Waals surface area contributed by atoms with Crippen LogP contribution in [0.4, 0.5) is 18.9 Å². The highest BCUT2D eigenvalue weighted by atomic mass is 32.2. The maximum Gasteiger partial charge on any atom is 0.573 e. The molecule has 37 heavy (non-hydrogen) atoms. The maximum atomic E-state index is 13.4. The van der Waals surface area contributed by atoms with Gasteiger partial charge in [-0.3, -0.25) is 9.36 Å². The predicted octanol–water partition coefficient (Wildman–Crippen LogP) is 4.30. The first-order valence-corrected chi connectivity index (χ1v) is 13.2. The molecule has 0 aliphatic carbocycles. The van der Waals surface area contributed by atoms with Crippen LogP contribution in [0.2, 0.25) is 0 Å². The first-order chi connectivity index (χ1) is 17.7. The number of rotatable bonds is 5. The second kappa shape index (κ2) is 10.1. The van der Waals surface area contributed by atoms with Crippen molar-refractivity contribution in [1.29, 1.82) is 0 Å². The Balaban J connectivity index is 1.58. The number of thiazole rings is 1. The summed E-state index contributed by atoms with van der Waals surface area (Å²) in [4.78, 5) is 15.9. The Morgan fingerprint density at radius 2 is 1.81 bits per heavy atom. The molecule has 1 aliphatic rings. The van der Waals surface area contributed by atoms with Crippen LogP contribution < -0.4 is 29.0 Å². The molecule has 0 unspecified atom stereocenters. The van der Waals surface area contributed by atoms with Crippen LogP contribution in [0.1, 0.15) is 18.2 Å². The Hall–Kier alpha value is -3.50. The number of halogens is 3. The summed E-state index contributed by atoms with van der Waals surface area (Å²) in [6.07, 6.45) is -0.753. The lowest BCUT2D eigenvalue weighted by Gasteiger charge is -2.13. The number of pyridine rings is 1. The number of alkyl halides is 3. The Morgan fingerprint density at radius 1 is 1.05 bits per heavy atom. The van der Waals surface area contributed by atoms with E-state index in [0.29, 0.717) is 27.5 Å². The lowest BCUT2D eigenvalue weighted by Crippen LogP contribution is -2.38. The summed E-state index contributed by atoms with van der Waals surface area (Å²) in [7, 11) is 1.81. The highest BCUT2D eigenvalue weighted by molar-refractivity contribution is 8.08. The Morgan fingerprint density at radius 3 is 2.54 bits per heavy atom. The van der Waals surface area contributed by atoms with Gasteiger partial charge in [0.05, 0.1) is 5.69 Å². The topological polar surface area (TPSA) is 38.4 Å². The number of nitrogens with zero attached hydrogens (tertiary/aromatic N) is 3. The minimum Gasteiger partial charge on any atom is -0.406 e. The average molecular weight is 543 g/mol. The van der Waals surface area contributed by atoms with E-state index in [9.17, 15) is 18.0 Å². The largest absolute Gasteiger partial charge is 0.573 e. The molecule has 2 aromatic heterocycles. The van der Waals surface area contributed by atoms with Crippen molar-refractivity contribution in [1.82, 2.24) is 4.57 Å². The molecular weight excluding hydrogens is 519 g/mol. The number of hydrogen-bond acceptors (Lipinski definition) is 5. The summed E-state index contributed by atoms with van der Waals surface area (Å²) < 4.78 is 47.3. The zero-order chi connectivity index (χ0) is 26.2. The fourth-order valence-electron chi connectivity index (χ4n) is 4.17. The van der Waals surface area contributed by atoms with Crippen molar-refractivity contribution in [3.8, 4) is 5.75 Å². The minimum absolute atomic E-state index is 0.127. The summed E-state index contributed by atoms with van der Waals surface area (Å²) in [5.74, 6) is -0.286. The normalized spacial score (nSPS) is 15.3. The van der Waals surface area contributed by atoms with Gasteiger partial charge in [0.2, 0.25) is 5.69 Å². The Kier molecular flexibility index (Phi) is 6.87.